The highest BCUT2D eigenvalue weighted by Gasteiger charge is 2.16. The maximum atomic E-state index is 10.7. The lowest BCUT2D eigenvalue weighted by atomic mass is 10.2. The van der Waals surface area contributed by atoms with Crippen LogP contribution in [0, 0.1) is 0 Å². The van der Waals surface area contributed by atoms with Gasteiger partial charge in [-0.2, -0.15) is 0 Å². The minimum absolute atomic E-state index is 0.162. The Balaban J connectivity index is 2.01. The lowest BCUT2D eigenvalue weighted by molar-refractivity contribution is -0.147. The average molecular weight is 301 g/mol. The molecule has 6 nitrogen and oxygen atoms in total. The van der Waals surface area contributed by atoms with Crippen LogP contribution >= 0.6 is 0 Å². The summed E-state index contributed by atoms with van der Waals surface area (Å²) in [5.41, 5.74) is 1.78. The van der Waals surface area contributed by atoms with E-state index in [0.29, 0.717) is 19.6 Å². The highest BCUT2D eigenvalue weighted by atomic mass is 16.4. The maximum Gasteiger partial charge on any atom is 0.332 e. The Labute approximate surface area is 129 Å². The van der Waals surface area contributed by atoms with Crippen LogP contribution in [0.1, 0.15) is 17.8 Å². The third kappa shape index (κ3) is 5.23. The lowest BCUT2D eigenvalue weighted by Gasteiger charge is -2.22. The minimum Gasteiger partial charge on any atom is -0.479 e. The lowest BCUT2D eigenvalue weighted by Crippen LogP contribution is -2.30. The van der Waals surface area contributed by atoms with Crippen molar-refractivity contribution in [3.8, 4) is 0 Å². The topological polar surface area (TPSA) is 86.5 Å². The monoisotopic (exact) mass is 301 g/mol. The van der Waals surface area contributed by atoms with Crippen molar-refractivity contribution in [3.05, 3.63) is 60.2 Å². The largest absolute Gasteiger partial charge is 0.479 e. The van der Waals surface area contributed by atoms with Crippen LogP contribution in [0.25, 0.3) is 0 Å². The molecule has 2 N–H and O–H groups in total. The highest BCUT2D eigenvalue weighted by molar-refractivity contribution is 5.71. The van der Waals surface area contributed by atoms with Gasteiger partial charge < -0.3 is 10.2 Å². The maximum absolute atomic E-state index is 10.7. The van der Waals surface area contributed by atoms with Crippen LogP contribution in [0.3, 0.4) is 0 Å². The molecule has 1 unspecified atom stereocenters. The Morgan fingerprint density at radius 1 is 1.05 bits per heavy atom. The molecular weight excluding hydrogens is 282 g/mol. The summed E-state index contributed by atoms with van der Waals surface area (Å²) in [6, 6.07) is 11.3. The molecule has 2 heterocycles. The van der Waals surface area contributed by atoms with Crippen molar-refractivity contribution in [1.82, 2.24) is 14.9 Å². The van der Waals surface area contributed by atoms with Gasteiger partial charge in [0, 0.05) is 32.0 Å². The molecule has 116 valence electrons. The number of pyridine rings is 2. The van der Waals surface area contributed by atoms with Gasteiger partial charge in [-0.25, -0.2) is 4.79 Å². The van der Waals surface area contributed by atoms with Gasteiger partial charge in [-0.1, -0.05) is 12.1 Å². The molecule has 22 heavy (non-hydrogen) atoms. The molecule has 2 aromatic heterocycles. The van der Waals surface area contributed by atoms with Crippen LogP contribution in [-0.4, -0.2) is 43.7 Å². The highest BCUT2D eigenvalue weighted by Crippen LogP contribution is 2.08. The Morgan fingerprint density at radius 2 is 1.59 bits per heavy atom. The third-order valence-electron chi connectivity index (χ3n) is 3.23. The molecule has 0 amide bonds. The standard InChI is InChI=1S/C16H19N3O3/c20-15(16(21)22)7-10-19(11-13-5-1-3-8-17-13)12-14-6-2-4-9-18-14/h1-6,8-9,15,20H,7,10-12H2,(H,21,22). The van der Waals surface area contributed by atoms with E-state index in [1.807, 2.05) is 41.3 Å². The molecule has 0 aromatic carbocycles. The van der Waals surface area contributed by atoms with E-state index in [-0.39, 0.29) is 6.42 Å². The number of aliphatic hydroxyl groups excluding tert-OH is 1. The van der Waals surface area contributed by atoms with Crippen LogP contribution in [-0.2, 0) is 17.9 Å². The molecule has 0 aliphatic rings. The van der Waals surface area contributed by atoms with Crippen molar-refractivity contribution in [2.24, 2.45) is 0 Å². The summed E-state index contributed by atoms with van der Waals surface area (Å²) in [5, 5.41) is 18.2. The minimum atomic E-state index is -1.35. The van der Waals surface area contributed by atoms with E-state index >= 15 is 0 Å². The fraction of sp³-hybridized carbons (Fsp3) is 0.312. The Hall–Kier alpha value is -2.31. The molecule has 0 fully saturated rings. The van der Waals surface area contributed by atoms with Crippen LogP contribution < -0.4 is 0 Å². The zero-order valence-corrected chi connectivity index (χ0v) is 12.2. The number of nitrogens with zero attached hydrogens (tertiary/aromatic N) is 3. The van der Waals surface area contributed by atoms with E-state index in [1.165, 1.54) is 0 Å². The number of aliphatic carboxylic acids is 1. The first-order chi connectivity index (χ1) is 10.6. The number of carbonyl (C=O) groups is 1. The number of rotatable bonds is 8. The average Bonchev–Trinajstić information content (AvgIpc) is 2.54. The van der Waals surface area contributed by atoms with E-state index in [0.717, 1.165) is 11.4 Å². The molecule has 0 bridgehead atoms. The van der Waals surface area contributed by atoms with Crippen molar-refractivity contribution in [2.45, 2.75) is 25.6 Å². The summed E-state index contributed by atoms with van der Waals surface area (Å²) >= 11 is 0. The smallest absolute Gasteiger partial charge is 0.332 e. The molecule has 2 rings (SSSR count). The number of aromatic nitrogens is 2. The molecule has 0 saturated heterocycles. The molecule has 6 heteroatoms. The first-order valence-corrected chi connectivity index (χ1v) is 7.08. The van der Waals surface area contributed by atoms with Gasteiger partial charge in [0.05, 0.1) is 11.4 Å². The summed E-state index contributed by atoms with van der Waals surface area (Å²) in [5.74, 6) is -1.20. The van der Waals surface area contributed by atoms with Crippen molar-refractivity contribution in [2.75, 3.05) is 6.54 Å². The first kappa shape index (κ1) is 16.1. The van der Waals surface area contributed by atoms with E-state index in [9.17, 15) is 9.90 Å². The van der Waals surface area contributed by atoms with Gasteiger partial charge in [0.1, 0.15) is 0 Å². The molecule has 0 spiro atoms. The third-order valence-corrected chi connectivity index (χ3v) is 3.23. The van der Waals surface area contributed by atoms with Gasteiger partial charge in [-0.15, -0.1) is 0 Å². The van der Waals surface area contributed by atoms with Gasteiger partial charge in [0.15, 0.2) is 6.10 Å². The second-order valence-electron chi connectivity index (χ2n) is 5.00. The van der Waals surface area contributed by atoms with Crippen molar-refractivity contribution in [1.29, 1.82) is 0 Å². The van der Waals surface area contributed by atoms with Gasteiger partial charge in [0.25, 0.3) is 0 Å². The number of carboxylic acid groups (broad SMARTS) is 1. The second-order valence-corrected chi connectivity index (χ2v) is 5.00. The van der Waals surface area contributed by atoms with Gasteiger partial charge in [0.2, 0.25) is 0 Å². The van der Waals surface area contributed by atoms with E-state index in [4.69, 9.17) is 5.11 Å². The quantitative estimate of drug-likeness (QED) is 0.764. The molecule has 0 radical (unpaired) electrons. The Bertz CT molecular complexity index is 536. The second kappa shape index (κ2) is 8.21. The predicted octanol–water partition coefficient (Wildman–Crippen LogP) is 1.31. The SMILES string of the molecule is O=C(O)C(O)CCN(Cc1ccccn1)Cc1ccccn1. The zero-order valence-electron chi connectivity index (χ0n) is 12.2. The summed E-state index contributed by atoms with van der Waals surface area (Å²) in [4.78, 5) is 21.3. The van der Waals surface area contributed by atoms with Crippen LogP contribution in [0.5, 0.6) is 0 Å². The number of aliphatic hydroxyl groups is 1. The van der Waals surface area contributed by atoms with E-state index in [2.05, 4.69) is 9.97 Å². The molecule has 2 aromatic rings. The summed E-state index contributed by atoms with van der Waals surface area (Å²) < 4.78 is 0. The Kier molecular flexibility index (Phi) is 6.00. The van der Waals surface area contributed by atoms with Crippen molar-refractivity contribution >= 4 is 5.97 Å². The molecular formula is C16H19N3O3. The Morgan fingerprint density at radius 3 is 2.00 bits per heavy atom. The fourth-order valence-corrected chi connectivity index (χ4v) is 2.08. The number of carboxylic acids is 1. The van der Waals surface area contributed by atoms with Crippen molar-refractivity contribution in [3.63, 3.8) is 0 Å². The number of hydrogen-bond acceptors (Lipinski definition) is 5. The zero-order chi connectivity index (χ0) is 15.8. The summed E-state index contributed by atoms with van der Waals surface area (Å²) in [6.07, 6.45) is 2.26. The summed E-state index contributed by atoms with van der Waals surface area (Å²) in [6.45, 7) is 1.59. The van der Waals surface area contributed by atoms with Gasteiger partial charge in [-0.3, -0.25) is 14.9 Å². The van der Waals surface area contributed by atoms with E-state index < -0.39 is 12.1 Å². The fourth-order valence-electron chi connectivity index (χ4n) is 2.08. The molecule has 0 aliphatic heterocycles. The predicted molar refractivity (Wildman–Crippen MR) is 80.8 cm³/mol. The van der Waals surface area contributed by atoms with E-state index in [1.54, 1.807) is 12.4 Å². The van der Waals surface area contributed by atoms with Crippen molar-refractivity contribution < 1.29 is 15.0 Å². The molecule has 1 atom stereocenters. The van der Waals surface area contributed by atoms with Crippen LogP contribution in [0.15, 0.2) is 48.8 Å². The molecule has 0 aliphatic carbocycles. The summed E-state index contributed by atoms with van der Waals surface area (Å²) in [7, 11) is 0. The first-order valence-electron chi connectivity index (χ1n) is 7.08. The van der Waals surface area contributed by atoms with Gasteiger partial charge in [-0.05, 0) is 30.7 Å². The van der Waals surface area contributed by atoms with Crippen LogP contribution in [0.4, 0.5) is 0 Å². The van der Waals surface area contributed by atoms with Gasteiger partial charge >= 0.3 is 5.97 Å². The number of hydrogen-bond donors (Lipinski definition) is 2. The normalized spacial score (nSPS) is 12.3. The molecule has 0 saturated carbocycles. The van der Waals surface area contributed by atoms with Crippen LogP contribution in [0.2, 0.25) is 0 Å².